The monoisotopic (exact) mass is 398 g/mol. The van der Waals surface area contributed by atoms with Gasteiger partial charge in [0.1, 0.15) is 11.8 Å². The lowest BCUT2D eigenvalue weighted by Crippen LogP contribution is -2.56. The Morgan fingerprint density at radius 1 is 1.25 bits per heavy atom. The zero-order chi connectivity index (χ0) is 20.4. The minimum absolute atomic E-state index is 0.0558. The van der Waals surface area contributed by atoms with E-state index in [1.807, 2.05) is 6.92 Å². The summed E-state index contributed by atoms with van der Waals surface area (Å²) < 4.78 is 45.2. The third kappa shape index (κ3) is 4.01. The van der Waals surface area contributed by atoms with Crippen molar-refractivity contribution in [2.75, 3.05) is 13.2 Å². The predicted octanol–water partition coefficient (Wildman–Crippen LogP) is 3.73. The van der Waals surface area contributed by atoms with Gasteiger partial charge < -0.3 is 10.1 Å². The van der Waals surface area contributed by atoms with Crippen molar-refractivity contribution >= 4 is 11.8 Å². The van der Waals surface area contributed by atoms with Gasteiger partial charge in [0, 0.05) is 12.1 Å². The van der Waals surface area contributed by atoms with Crippen molar-refractivity contribution in [2.24, 2.45) is 0 Å². The minimum atomic E-state index is -4.54. The van der Waals surface area contributed by atoms with E-state index in [9.17, 15) is 22.8 Å². The van der Waals surface area contributed by atoms with Gasteiger partial charge in [0.2, 0.25) is 5.91 Å². The number of benzene rings is 1. The second kappa shape index (κ2) is 8.11. The number of halogens is 3. The molecule has 1 aliphatic carbocycles. The van der Waals surface area contributed by atoms with Crippen molar-refractivity contribution in [1.29, 1.82) is 0 Å². The Bertz CT molecular complexity index is 730. The van der Waals surface area contributed by atoms with E-state index >= 15 is 0 Å². The molecule has 1 saturated carbocycles. The molecule has 1 aliphatic heterocycles. The number of hydrogen-bond acceptors (Lipinski definition) is 3. The fourth-order valence-electron chi connectivity index (χ4n) is 4.00. The van der Waals surface area contributed by atoms with Crippen LogP contribution in [0.15, 0.2) is 24.3 Å². The van der Waals surface area contributed by atoms with E-state index in [1.54, 1.807) is 0 Å². The van der Waals surface area contributed by atoms with Crippen molar-refractivity contribution in [2.45, 2.75) is 63.4 Å². The van der Waals surface area contributed by atoms with Crippen LogP contribution in [-0.4, -0.2) is 41.6 Å². The van der Waals surface area contributed by atoms with E-state index in [2.05, 4.69) is 5.32 Å². The summed E-state index contributed by atoms with van der Waals surface area (Å²) in [5.41, 5.74) is -1.89. The molecular formula is C20H25F3N2O3. The number of amides is 2. The average Bonchev–Trinajstić information content (AvgIpc) is 3.04. The van der Waals surface area contributed by atoms with Crippen LogP contribution in [0.25, 0.3) is 0 Å². The molecule has 0 bridgehead atoms. The topological polar surface area (TPSA) is 58.6 Å². The lowest BCUT2D eigenvalue weighted by atomic mass is 9.89. The van der Waals surface area contributed by atoms with Gasteiger partial charge in [-0.25, -0.2) is 0 Å². The van der Waals surface area contributed by atoms with Crippen LogP contribution in [0.5, 0.6) is 0 Å². The van der Waals surface area contributed by atoms with Crippen LogP contribution in [-0.2, 0) is 15.7 Å². The molecule has 5 nitrogen and oxygen atoms in total. The molecule has 1 spiro atoms. The van der Waals surface area contributed by atoms with Crippen LogP contribution in [0.4, 0.5) is 13.2 Å². The summed E-state index contributed by atoms with van der Waals surface area (Å²) in [6, 6.07) is 3.50. The van der Waals surface area contributed by atoms with E-state index in [4.69, 9.17) is 4.74 Å². The molecule has 0 aromatic heterocycles. The molecule has 1 saturated heterocycles. The van der Waals surface area contributed by atoms with Gasteiger partial charge in [0.15, 0.2) is 0 Å². The number of rotatable bonds is 4. The molecule has 1 heterocycles. The standard InChI is InChI=1S/C20H25F3N2O3/c1-2-11-24-17(26)16-13-28-19(9-4-3-5-10-19)25(16)18(27)14-7-6-8-15(12-14)20(21,22)23/h6-8,12,16H,2-5,9-11,13H2,1H3,(H,24,26)/t16-/m1/s1. The summed E-state index contributed by atoms with van der Waals surface area (Å²) >= 11 is 0. The van der Waals surface area contributed by atoms with Crippen LogP contribution < -0.4 is 5.32 Å². The highest BCUT2D eigenvalue weighted by atomic mass is 19.4. The highest BCUT2D eigenvalue weighted by molar-refractivity contribution is 5.98. The molecule has 154 valence electrons. The maximum atomic E-state index is 13.3. The third-order valence-corrected chi connectivity index (χ3v) is 5.40. The summed E-state index contributed by atoms with van der Waals surface area (Å²) in [6.45, 7) is 2.44. The molecule has 2 amide bonds. The first-order valence-electron chi connectivity index (χ1n) is 9.71. The van der Waals surface area contributed by atoms with Gasteiger partial charge in [-0.2, -0.15) is 13.2 Å². The number of alkyl halides is 3. The average molecular weight is 398 g/mol. The van der Waals surface area contributed by atoms with Gasteiger partial charge in [-0.3, -0.25) is 14.5 Å². The number of carbonyl (C=O) groups is 2. The fraction of sp³-hybridized carbons (Fsp3) is 0.600. The summed E-state index contributed by atoms with van der Waals surface area (Å²) in [7, 11) is 0. The SMILES string of the molecule is CCCNC(=O)[C@H]1COC2(CCCCC2)N1C(=O)c1cccc(C(F)(F)F)c1. The molecule has 1 aromatic rings. The molecule has 1 N–H and O–H groups in total. The normalized spacial score (nSPS) is 21.7. The second-order valence-electron chi connectivity index (χ2n) is 7.38. The van der Waals surface area contributed by atoms with Crippen molar-refractivity contribution in [3.63, 3.8) is 0 Å². The number of nitrogens with zero attached hydrogens (tertiary/aromatic N) is 1. The molecule has 1 aromatic carbocycles. The van der Waals surface area contributed by atoms with Gasteiger partial charge in [0.05, 0.1) is 12.2 Å². The van der Waals surface area contributed by atoms with Gasteiger partial charge in [-0.05, 0) is 50.3 Å². The van der Waals surface area contributed by atoms with Crippen LogP contribution in [0.1, 0.15) is 61.4 Å². The Balaban J connectivity index is 1.94. The summed E-state index contributed by atoms with van der Waals surface area (Å²) in [4.78, 5) is 27.3. The van der Waals surface area contributed by atoms with E-state index in [1.165, 1.54) is 17.0 Å². The first-order valence-corrected chi connectivity index (χ1v) is 9.71. The quantitative estimate of drug-likeness (QED) is 0.841. The smallest absolute Gasteiger partial charge is 0.354 e. The van der Waals surface area contributed by atoms with Gasteiger partial charge in [0.25, 0.3) is 5.91 Å². The van der Waals surface area contributed by atoms with Crippen molar-refractivity contribution < 1.29 is 27.5 Å². The van der Waals surface area contributed by atoms with Gasteiger partial charge >= 0.3 is 6.18 Å². The van der Waals surface area contributed by atoms with Crippen LogP contribution in [0, 0.1) is 0 Å². The van der Waals surface area contributed by atoms with Crippen molar-refractivity contribution in [3.05, 3.63) is 35.4 Å². The molecule has 2 aliphatic rings. The predicted molar refractivity (Wildman–Crippen MR) is 96.5 cm³/mol. The highest BCUT2D eigenvalue weighted by Gasteiger charge is 2.53. The molecule has 0 unspecified atom stereocenters. The summed E-state index contributed by atoms with van der Waals surface area (Å²) in [5, 5.41) is 2.78. The van der Waals surface area contributed by atoms with Gasteiger partial charge in [-0.1, -0.05) is 19.4 Å². The number of carbonyl (C=O) groups excluding carboxylic acids is 2. The number of ether oxygens (including phenoxy) is 1. The molecular weight excluding hydrogens is 373 g/mol. The lowest BCUT2D eigenvalue weighted by molar-refractivity contribution is -0.137. The largest absolute Gasteiger partial charge is 0.416 e. The second-order valence-corrected chi connectivity index (χ2v) is 7.38. The van der Waals surface area contributed by atoms with E-state index < -0.39 is 29.4 Å². The molecule has 1 atom stereocenters. The minimum Gasteiger partial charge on any atom is -0.354 e. The Morgan fingerprint density at radius 2 is 1.96 bits per heavy atom. The first kappa shape index (κ1) is 20.6. The number of hydrogen-bond donors (Lipinski definition) is 1. The zero-order valence-corrected chi connectivity index (χ0v) is 15.8. The van der Waals surface area contributed by atoms with Crippen molar-refractivity contribution in [3.8, 4) is 0 Å². The summed E-state index contributed by atoms with van der Waals surface area (Å²) in [6.07, 6.45) is 0.0452. The Morgan fingerprint density at radius 3 is 2.61 bits per heavy atom. The van der Waals surface area contributed by atoms with E-state index in [-0.39, 0.29) is 18.1 Å². The lowest BCUT2D eigenvalue weighted by Gasteiger charge is -2.41. The van der Waals surface area contributed by atoms with Crippen molar-refractivity contribution in [1.82, 2.24) is 10.2 Å². The maximum absolute atomic E-state index is 13.3. The van der Waals surface area contributed by atoms with E-state index in [0.29, 0.717) is 19.4 Å². The Hall–Kier alpha value is -2.09. The number of nitrogens with one attached hydrogen (secondary N) is 1. The van der Waals surface area contributed by atoms with Crippen LogP contribution in [0.3, 0.4) is 0 Å². The molecule has 8 heteroatoms. The molecule has 3 rings (SSSR count). The van der Waals surface area contributed by atoms with Crippen LogP contribution >= 0.6 is 0 Å². The highest BCUT2D eigenvalue weighted by Crippen LogP contribution is 2.41. The fourth-order valence-corrected chi connectivity index (χ4v) is 4.00. The molecule has 0 radical (unpaired) electrons. The molecule has 28 heavy (non-hydrogen) atoms. The Kier molecular flexibility index (Phi) is 5.98. The molecule has 2 fully saturated rings. The van der Waals surface area contributed by atoms with Gasteiger partial charge in [-0.15, -0.1) is 0 Å². The third-order valence-electron chi connectivity index (χ3n) is 5.40. The maximum Gasteiger partial charge on any atom is 0.416 e. The first-order chi connectivity index (χ1) is 13.3. The summed E-state index contributed by atoms with van der Waals surface area (Å²) in [5.74, 6) is -0.924. The van der Waals surface area contributed by atoms with Crippen LogP contribution in [0.2, 0.25) is 0 Å². The van der Waals surface area contributed by atoms with E-state index in [0.717, 1.165) is 37.8 Å². The Labute approximate surface area is 162 Å². The zero-order valence-electron chi connectivity index (χ0n) is 15.8.